The van der Waals surface area contributed by atoms with E-state index in [-0.39, 0.29) is 18.0 Å². The average molecular weight is 364 g/mol. The van der Waals surface area contributed by atoms with Gasteiger partial charge in [0.1, 0.15) is 5.56 Å². The van der Waals surface area contributed by atoms with Crippen LogP contribution < -0.4 is 10.6 Å². The largest absolute Gasteiger partial charge is 0.462 e. The van der Waals surface area contributed by atoms with E-state index >= 15 is 0 Å². The third-order valence-electron chi connectivity index (χ3n) is 3.81. The number of carbonyl (C=O) groups is 2. The average Bonchev–Trinajstić information content (AvgIpc) is 3.08. The summed E-state index contributed by atoms with van der Waals surface area (Å²) in [7, 11) is 0. The fourth-order valence-electron chi connectivity index (χ4n) is 2.50. The molecule has 0 unspecified atom stereocenters. The van der Waals surface area contributed by atoms with E-state index in [1.54, 1.807) is 19.1 Å². The van der Waals surface area contributed by atoms with E-state index in [4.69, 9.17) is 4.74 Å². The summed E-state index contributed by atoms with van der Waals surface area (Å²) in [6, 6.07) is 16.1. The molecule has 7 heteroatoms. The molecule has 2 N–H and O–H groups in total. The molecule has 0 aliphatic heterocycles. The van der Waals surface area contributed by atoms with Gasteiger partial charge in [-0.3, -0.25) is 5.32 Å². The molecule has 0 aliphatic carbocycles. The first kappa shape index (κ1) is 18.2. The number of para-hydroxylation sites is 1. The van der Waals surface area contributed by atoms with Crippen LogP contribution >= 0.6 is 0 Å². The van der Waals surface area contributed by atoms with Crippen LogP contribution in [0.3, 0.4) is 0 Å². The van der Waals surface area contributed by atoms with Crippen LogP contribution in [-0.4, -0.2) is 28.4 Å². The summed E-state index contributed by atoms with van der Waals surface area (Å²) in [4.78, 5) is 24.7. The van der Waals surface area contributed by atoms with Crippen LogP contribution in [0.1, 0.15) is 22.8 Å². The zero-order valence-electron chi connectivity index (χ0n) is 15.1. The van der Waals surface area contributed by atoms with Crippen molar-refractivity contribution in [3.05, 3.63) is 71.9 Å². The number of aryl methyl sites for hydroxylation is 1. The van der Waals surface area contributed by atoms with Crippen molar-refractivity contribution in [2.24, 2.45) is 0 Å². The summed E-state index contributed by atoms with van der Waals surface area (Å²) in [5, 5.41) is 9.69. The fraction of sp³-hybridized carbons (Fsp3) is 0.150. The minimum Gasteiger partial charge on any atom is -0.462 e. The van der Waals surface area contributed by atoms with Gasteiger partial charge in [-0.05, 0) is 38.1 Å². The molecule has 0 aliphatic rings. The van der Waals surface area contributed by atoms with Gasteiger partial charge < -0.3 is 10.1 Å². The summed E-state index contributed by atoms with van der Waals surface area (Å²) in [6.45, 7) is 3.91. The van der Waals surface area contributed by atoms with Gasteiger partial charge >= 0.3 is 12.0 Å². The Bertz CT molecular complexity index is 934. The second-order valence-corrected chi connectivity index (χ2v) is 5.82. The van der Waals surface area contributed by atoms with E-state index in [1.165, 1.54) is 10.9 Å². The van der Waals surface area contributed by atoms with Gasteiger partial charge in [-0.1, -0.05) is 35.9 Å². The standard InChI is InChI=1S/C20H20N4O3/c1-3-27-19(25)17-13-21-24(16-7-5-4-6-8-16)18(17)23-20(26)22-15-11-9-14(2)10-12-15/h4-13H,3H2,1-2H3,(H2,22,23,26). The molecule has 3 aromatic rings. The quantitative estimate of drug-likeness (QED) is 0.670. The Morgan fingerprint density at radius 2 is 1.74 bits per heavy atom. The van der Waals surface area contributed by atoms with Crippen molar-refractivity contribution >= 4 is 23.5 Å². The normalized spacial score (nSPS) is 10.3. The molecule has 0 saturated heterocycles. The molecule has 2 aromatic carbocycles. The predicted octanol–water partition coefficient (Wildman–Crippen LogP) is 4.00. The zero-order chi connectivity index (χ0) is 19.2. The number of aromatic nitrogens is 2. The van der Waals surface area contributed by atoms with E-state index in [2.05, 4.69) is 15.7 Å². The van der Waals surface area contributed by atoms with Crippen molar-refractivity contribution in [3.8, 4) is 5.69 Å². The Labute approximate surface area is 157 Å². The summed E-state index contributed by atoms with van der Waals surface area (Å²) in [5.41, 5.74) is 2.62. The van der Waals surface area contributed by atoms with Crippen molar-refractivity contribution in [1.82, 2.24) is 9.78 Å². The van der Waals surface area contributed by atoms with Gasteiger partial charge in [0.25, 0.3) is 0 Å². The second-order valence-electron chi connectivity index (χ2n) is 5.82. The lowest BCUT2D eigenvalue weighted by Crippen LogP contribution is -2.23. The highest BCUT2D eigenvalue weighted by Crippen LogP contribution is 2.21. The third-order valence-corrected chi connectivity index (χ3v) is 3.81. The predicted molar refractivity (Wildman–Crippen MR) is 103 cm³/mol. The molecule has 0 bridgehead atoms. The van der Waals surface area contributed by atoms with Crippen molar-refractivity contribution in [3.63, 3.8) is 0 Å². The number of nitrogens with one attached hydrogen (secondary N) is 2. The molecule has 1 heterocycles. The highest BCUT2D eigenvalue weighted by atomic mass is 16.5. The number of anilines is 2. The van der Waals surface area contributed by atoms with E-state index in [0.29, 0.717) is 11.4 Å². The topological polar surface area (TPSA) is 85.2 Å². The molecule has 0 spiro atoms. The minimum atomic E-state index is -0.551. The van der Waals surface area contributed by atoms with E-state index in [9.17, 15) is 9.59 Å². The molecule has 0 atom stereocenters. The molecule has 27 heavy (non-hydrogen) atoms. The van der Waals surface area contributed by atoms with Crippen LogP contribution in [0.15, 0.2) is 60.8 Å². The van der Waals surface area contributed by atoms with Gasteiger partial charge in [-0.2, -0.15) is 5.10 Å². The van der Waals surface area contributed by atoms with Crippen molar-refractivity contribution in [1.29, 1.82) is 0 Å². The van der Waals surface area contributed by atoms with E-state index in [1.807, 2.05) is 49.4 Å². The Hall–Kier alpha value is -3.61. The van der Waals surface area contributed by atoms with Crippen molar-refractivity contribution < 1.29 is 14.3 Å². The number of urea groups is 1. The van der Waals surface area contributed by atoms with Gasteiger partial charge in [0.2, 0.25) is 0 Å². The van der Waals surface area contributed by atoms with Crippen LogP contribution in [0.5, 0.6) is 0 Å². The first-order chi connectivity index (χ1) is 13.1. The fourth-order valence-corrected chi connectivity index (χ4v) is 2.50. The van der Waals surface area contributed by atoms with Crippen LogP contribution in [0.2, 0.25) is 0 Å². The van der Waals surface area contributed by atoms with Gasteiger partial charge in [-0.15, -0.1) is 0 Å². The number of nitrogens with zero attached hydrogens (tertiary/aromatic N) is 2. The van der Waals surface area contributed by atoms with Crippen LogP contribution in [-0.2, 0) is 4.74 Å². The molecular weight excluding hydrogens is 344 g/mol. The Morgan fingerprint density at radius 1 is 1.04 bits per heavy atom. The molecule has 138 valence electrons. The molecule has 7 nitrogen and oxygen atoms in total. The number of ether oxygens (including phenoxy) is 1. The van der Waals surface area contributed by atoms with Gasteiger partial charge in [-0.25, -0.2) is 14.3 Å². The molecule has 0 fully saturated rings. The smallest absolute Gasteiger partial charge is 0.343 e. The first-order valence-corrected chi connectivity index (χ1v) is 8.53. The number of esters is 1. The summed E-state index contributed by atoms with van der Waals surface area (Å²) in [5.74, 6) is -0.311. The molecule has 2 amide bonds. The van der Waals surface area contributed by atoms with Gasteiger partial charge in [0.05, 0.1) is 18.5 Å². The lowest BCUT2D eigenvalue weighted by atomic mass is 10.2. The maximum absolute atomic E-state index is 12.5. The van der Waals surface area contributed by atoms with Crippen LogP contribution in [0, 0.1) is 6.92 Å². The molecule has 1 aromatic heterocycles. The Morgan fingerprint density at radius 3 is 2.41 bits per heavy atom. The number of hydrogen-bond donors (Lipinski definition) is 2. The number of benzene rings is 2. The Kier molecular flexibility index (Phi) is 5.51. The molecule has 3 rings (SSSR count). The molecular formula is C20H20N4O3. The highest BCUT2D eigenvalue weighted by Gasteiger charge is 2.21. The second kappa shape index (κ2) is 8.18. The maximum atomic E-state index is 12.5. The van der Waals surface area contributed by atoms with Crippen LogP contribution in [0.4, 0.5) is 16.3 Å². The summed E-state index contributed by atoms with van der Waals surface area (Å²) >= 11 is 0. The van der Waals surface area contributed by atoms with Gasteiger partial charge in [0, 0.05) is 5.69 Å². The lowest BCUT2D eigenvalue weighted by Gasteiger charge is -2.12. The number of hydrogen-bond acceptors (Lipinski definition) is 4. The van der Waals surface area contributed by atoms with E-state index in [0.717, 1.165) is 5.56 Å². The van der Waals surface area contributed by atoms with Crippen LogP contribution in [0.25, 0.3) is 5.69 Å². The number of carbonyl (C=O) groups excluding carboxylic acids is 2. The van der Waals surface area contributed by atoms with Crippen molar-refractivity contribution in [2.75, 3.05) is 17.2 Å². The van der Waals surface area contributed by atoms with E-state index < -0.39 is 12.0 Å². The minimum absolute atomic E-state index is 0.180. The maximum Gasteiger partial charge on any atom is 0.343 e. The van der Waals surface area contributed by atoms with Crippen molar-refractivity contribution in [2.45, 2.75) is 13.8 Å². The summed E-state index contributed by atoms with van der Waals surface area (Å²) in [6.07, 6.45) is 1.38. The highest BCUT2D eigenvalue weighted by molar-refractivity contribution is 6.04. The molecule has 0 saturated carbocycles. The molecule has 0 radical (unpaired) electrons. The first-order valence-electron chi connectivity index (χ1n) is 8.53. The SMILES string of the molecule is CCOC(=O)c1cnn(-c2ccccc2)c1NC(=O)Nc1ccc(C)cc1. The lowest BCUT2D eigenvalue weighted by molar-refractivity contribution is 0.0527. The third kappa shape index (κ3) is 4.33. The Balaban J connectivity index is 1.89. The monoisotopic (exact) mass is 364 g/mol. The number of amides is 2. The zero-order valence-corrected chi connectivity index (χ0v) is 15.1. The number of rotatable bonds is 5. The summed E-state index contributed by atoms with van der Waals surface area (Å²) < 4.78 is 6.55. The van der Waals surface area contributed by atoms with Gasteiger partial charge in [0.15, 0.2) is 5.82 Å².